The monoisotopic (exact) mass is 382 g/mol. The van der Waals surface area contributed by atoms with E-state index in [1.54, 1.807) is 24.3 Å². The number of sulfonamides is 1. The van der Waals surface area contributed by atoms with E-state index in [0.717, 1.165) is 12.1 Å². The number of benzene rings is 2. The molecule has 0 aliphatic rings. The Morgan fingerprint density at radius 3 is 2.35 bits per heavy atom. The van der Waals surface area contributed by atoms with Crippen LogP contribution in [0.1, 0.15) is 11.1 Å². The molecule has 2 aromatic carbocycles. The lowest BCUT2D eigenvalue weighted by molar-refractivity contribution is -0.137. The van der Waals surface area contributed by atoms with E-state index in [0.29, 0.717) is 16.5 Å². The number of rotatable bonds is 4. The minimum Gasteiger partial charge on any atom is -0.438 e. The molecule has 0 spiro atoms. The highest BCUT2D eigenvalue weighted by Gasteiger charge is 2.30. The summed E-state index contributed by atoms with van der Waals surface area (Å²) in [6.45, 7) is -0.216. The molecule has 0 unspecified atom stereocenters. The highest BCUT2D eigenvalue weighted by molar-refractivity contribution is 7.89. The van der Waals surface area contributed by atoms with Crippen molar-refractivity contribution in [1.29, 1.82) is 5.41 Å². The molecule has 0 amide bonds. The summed E-state index contributed by atoms with van der Waals surface area (Å²) < 4.78 is 70.0. The largest absolute Gasteiger partial charge is 0.438 e. The summed E-state index contributed by atoms with van der Waals surface area (Å²) in [5, 5.41) is 8.29. The van der Waals surface area contributed by atoms with Gasteiger partial charge in [-0.15, -0.1) is 0 Å². The van der Waals surface area contributed by atoms with Gasteiger partial charge >= 0.3 is 6.18 Å². The standard InChI is InChI=1S/C17H13F3N2O3S/c18-17(19,20)13-7-5-11(6-8-13)10-22-26(23,24)15-9-12-3-1-2-4-14(12)25-16(15)21/h1-9,21-22H,10H2. The molecule has 26 heavy (non-hydrogen) atoms. The first kappa shape index (κ1) is 18.2. The molecule has 3 aromatic rings. The Bertz CT molecular complexity index is 1100. The van der Waals surface area contributed by atoms with Gasteiger partial charge in [-0.3, -0.25) is 5.41 Å². The molecule has 0 radical (unpaired) electrons. The van der Waals surface area contributed by atoms with E-state index >= 15 is 0 Å². The Hall–Kier alpha value is -2.65. The lowest BCUT2D eigenvalue weighted by Gasteiger charge is -2.09. The predicted molar refractivity (Wildman–Crippen MR) is 87.5 cm³/mol. The Morgan fingerprint density at radius 2 is 1.69 bits per heavy atom. The highest BCUT2D eigenvalue weighted by atomic mass is 32.2. The van der Waals surface area contributed by atoms with Crippen molar-refractivity contribution in [2.45, 2.75) is 17.6 Å². The van der Waals surface area contributed by atoms with Gasteiger partial charge in [0.1, 0.15) is 10.5 Å². The molecule has 0 saturated carbocycles. The van der Waals surface area contributed by atoms with E-state index in [2.05, 4.69) is 4.72 Å². The van der Waals surface area contributed by atoms with Crippen molar-refractivity contribution in [3.63, 3.8) is 0 Å². The molecule has 136 valence electrons. The third-order valence-corrected chi connectivity index (χ3v) is 5.09. The van der Waals surface area contributed by atoms with Crippen LogP contribution in [-0.4, -0.2) is 8.42 Å². The minimum atomic E-state index is -4.45. The number of alkyl halides is 3. The zero-order chi connectivity index (χ0) is 18.9. The summed E-state index contributed by atoms with van der Waals surface area (Å²) in [5.41, 5.74) is -0.612. The van der Waals surface area contributed by atoms with Crippen molar-refractivity contribution < 1.29 is 26.0 Å². The van der Waals surface area contributed by atoms with Crippen molar-refractivity contribution in [1.82, 2.24) is 4.72 Å². The van der Waals surface area contributed by atoms with Crippen LogP contribution in [0.15, 0.2) is 63.9 Å². The molecule has 0 atom stereocenters. The number of hydrogen-bond acceptors (Lipinski definition) is 4. The first-order valence-electron chi connectivity index (χ1n) is 7.40. The zero-order valence-corrected chi connectivity index (χ0v) is 14.0. The summed E-state index contributed by atoms with van der Waals surface area (Å²) >= 11 is 0. The molecule has 0 bridgehead atoms. The summed E-state index contributed by atoms with van der Waals surface area (Å²) in [4.78, 5) is -0.344. The molecule has 5 nitrogen and oxygen atoms in total. The van der Waals surface area contributed by atoms with Gasteiger partial charge in [-0.1, -0.05) is 30.3 Å². The quantitative estimate of drug-likeness (QED) is 0.725. The first-order valence-corrected chi connectivity index (χ1v) is 8.88. The van der Waals surface area contributed by atoms with Crippen molar-refractivity contribution in [2.24, 2.45) is 0 Å². The van der Waals surface area contributed by atoms with Gasteiger partial charge < -0.3 is 4.42 Å². The van der Waals surface area contributed by atoms with Crippen molar-refractivity contribution in [2.75, 3.05) is 0 Å². The molecule has 1 aromatic heterocycles. The number of para-hydroxylation sites is 1. The van der Waals surface area contributed by atoms with E-state index in [4.69, 9.17) is 9.83 Å². The normalized spacial score (nSPS) is 12.4. The SMILES string of the molecule is N=c1oc2ccccc2cc1S(=O)(=O)NCc1ccc(C(F)(F)F)cc1. The Labute approximate surface area is 146 Å². The summed E-state index contributed by atoms with van der Waals surface area (Å²) in [6, 6.07) is 12.1. The lowest BCUT2D eigenvalue weighted by atomic mass is 10.1. The van der Waals surface area contributed by atoms with Gasteiger partial charge in [0.25, 0.3) is 0 Å². The molecule has 1 heterocycles. The Kier molecular flexibility index (Phi) is 4.59. The molecule has 2 N–H and O–H groups in total. The van der Waals surface area contributed by atoms with E-state index < -0.39 is 27.3 Å². The summed E-state index contributed by atoms with van der Waals surface area (Å²) in [6.07, 6.45) is -4.45. The van der Waals surface area contributed by atoms with Crippen LogP contribution in [0.2, 0.25) is 0 Å². The number of fused-ring (bicyclic) bond motifs is 1. The maximum absolute atomic E-state index is 12.5. The minimum absolute atomic E-state index is 0.216. The van der Waals surface area contributed by atoms with Gasteiger partial charge in [-0.25, -0.2) is 13.1 Å². The second-order valence-electron chi connectivity index (χ2n) is 5.50. The van der Waals surface area contributed by atoms with Crippen molar-refractivity contribution >= 4 is 21.0 Å². The molecule has 0 fully saturated rings. The Morgan fingerprint density at radius 1 is 1.04 bits per heavy atom. The topological polar surface area (TPSA) is 83.2 Å². The van der Waals surface area contributed by atoms with Crippen molar-refractivity contribution in [3.8, 4) is 0 Å². The fraction of sp³-hybridized carbons (Fsp3) is 0.118. The summed E-state index contributed by atoms with van der Waals surface area (Å²) in [5.74, 6) is 0. The van der Waals surface area contributed by atoms with Gasteiger partial charge in [0, 0.05) is 11.9 Å². The second-order valence-corrected chi connectivity index (χ2v) is 7.23. The fourth-order valence-corrected chi connectivity index (χ4v) is 3.41. The van der Waals surface area contributed by atoms with Crippen LogP contribution in [0.4, 0.5) is 13.2 Å². The first-order chi connectivity index (χ1) is 12.2. The van der Waals surface area contributed by atoms with Crippen LogP contribution >= 0.6 is 0 Å². The molecular formula is C17H13F3N2O3S. The molecule has 3 rings (SSSR count). The average Bonchev–Trinajstić information content (AvgIpc) is 2.59. The van der Waals surface area contributed by atoms with Crippen LogP contribution in [-0.2, 0) is 22.7 Å². The van der Waals surface area contributed by atoms with Crippen LogP contribution in [0.3, 0.4) is 0 Å². The van der Waals surface area contributed by atoms with Crippen LogP contribution in [0.25, 0.3) is 11.0 Å². The molecule has 0 aliphatic heterocycles. The zero-order valence-electron chi connectivity index (χ0n) is 13.2. The van der Waals surface area contributed by atoms with E-state index in [1.807, 2.05) is 0 Å². The second kappa shape index (κ2) is 6.58. The van der Waals surface area contributed by atoms with E-state index in [1.165, 1.54) is 18.2 Å². The molecular weight excluding hydrogens is 369 g/mol. The third kappa shape index (κ3) is 3.78. The van der Waals surface area contributed by atoms with Gasteiger partial charge in [0.05, 0.1) is 5.56 Å². The summed E-state index contributed by atoms with van der Waals surface area (Å²) in [7, 11) is -4.07. The molecule has 0 saturated heterocycles. The third-order valence-electron chi connectivity index (χ3n) is 3.68. The highest BCUT2D eigenvalue weighted by Crippen LogP contribution is 2.29. The molecule has 0 aliphatic carbocycles. The maximum atomic E-state index is 12.5. The van der Waals surface area contributed by atoms with Gasteiger partial charge in [0.15, 0.2) is 0 Å². The van der Waals surface area contributed by atoms with Crippen LogP contribution in [0, 0.1) is 5.41 Å². The number of nitrogens with one attached hydrogen (secondary N) is 2. The van der Waals surface area contributed by atoms with E-state index in [-0.39, 0.29) is 11.4 Å². The lowest BCUT2D eigenvalue weighted by Crippen LogP contribution is -2.27. The van der Waals surface area contributed by atoms with Gasteiger partial charge in [-0.05, 0) is 29.8 Å². The molecule has 9 heteroatoms. The predicted octanol–water partition coefficient (Wildman–Crippen LogP) is 3.41. The smallest absolute Gasteiger partial charge is 0.416 e. The van der Waals surface area contributed by atoms with Crippen molar-refractivity contribution in [3.05, 3.63) is 71.3 Å². The van der Waals surface area contributed by atoms with E-state index in [9.17, 15) is 21.6 Å². The van der Waals surface area contributed by atoms with Gasteiger partial charge in [-0.2, -0.15) is 13.2 Å². The fourth-order valence-electron chi connectivity index (χ4n) is 2.33. The number of halogens is 3. The average molecular weight is 382 g/mol. The van der Waals surface area contributed by atoms with Crippen LogP contribution in [0.5, 0.6) is 0 Å². The number of hydrogen-bond donors (Lipinski definition) is 2. The maximum Gasteiger partial charge on any atom is 0.416 e. The Balaban J connectivity index is 1.83. The van der Waals surface area contributed by atoms with Crippen LogP contribution < -0.4 is 10.3 Å². The van der Waals surface area contributed by atoms with Gasteiger partial charge in [0.2, 0.25) is 15.6 Å².